The molecule has 1 N–H and O–H groups in total. The summed E-state index contributed by atoms with van der Waals surface area (Å²) in [4.78, 5) is 19.3. The maximum atomic E-state index is 11.7. The molecule has 2 aliphatic carbocycles. The van der Waals surface area contributed by atoms with Crippen molar-refractivity contribution in [3.63, 3.8) is 0 Å². The fourth-order valence-electron chi connectivity index (χ4n) is 3.42. The molecule has 86 valence electrons. The molecule has 0 radical (unpaired) electrons. The molecule has 2 saturated carbocycles. The first-order valence-corrected chi connectivity index (χ1v) is 6.22. The van der Waals surface area contributed by atoms with Gasteiger partial charge in [-0.05, 0) is 44.9 Å². The van der Waals surface area contributed by atoms with Gasteiger partial charge in [0.25, 0.3) is 5.56 Å². The minimum Gasteiger partial charge on any atom is -0.310 e. The van der Waals surface area contributed by atoms with Crippen LogP contribution in [0.5, 0.6) is 0 Å². The molecule has 1 aromatic rings. The van der Waals surface area contributed by atoms with Crippen LogP contribution in [0.3, 0.4) is 0 Å². The highest BCUT2D eigenvalue weighted by atomic mass is 16.1. The van der Waals surface area contributed by atoms with E-state index in [1.807, 2.05) is 13.8 Å². The van der Waals surface area contributed by atoms with Gasteiger partial charge in [-0.15, -0.1) is 0 Å². The van der Waals surface area contributed by atoms with Crippen LogP contribution in [-0.2, 0) is 0 Å². The van der Waals surface area contributed by atoms with Gasteiger partial charge in [-0.1, -0.05) is 6.42 Å². The minimum absolute atomic E-state index is 0.0465. The van der Waals surface area contributed by atoms with Gasteiger partial charge in [0.1, 0.15) is 5.82 Å². The predicted molar refractivity (Wildman–Crippen MR) is 62.5 cm³/mol. The van der Waals surface area contributed by atoms with Crippen LogP contribution >= 0.6 is 0 Å². The predicted octanol–water partition coefficient (Wildman–Crippen LogP) is 2.29. The highest BCUT2D eigenvalue weighted by Gasteiger charge is 2.41. The zero-order valence-electron chi connectivity index (χ0n) is 9.92. The van der Waals surface area contributed by atoms with Gasteiger partial charge in [0.2, 0.25) is 0 Å². The van der Waals surface area contributed by atoms with Crippen LogP contribution in [0.2, 0.25) is 0 Å². The number of nitrogens with one attached hydrogen (secondary N) is 1. The third kappa shape index (κ3) is 1.41. The summed E-state index contributed by atoms with van der Waals surface area (Å²) in [5.74, 6) is 3.13. The van der Waals surface area contributed by atoms with E-state index in [2.05, 4.69) is 9.97 Å². The lowest BCUT2D eigenvalue weighted by Gasteiger charge is -2.21. The van der Waals surface area contributed by atoms with Crippen LogP contribution in [0, 0.1) is 25.7 Å². The van der Waals surface area contributed by atoms with Gasteiger partial charge in [0, 0.05) is 17.2 Å². The third-order valence-electron chi connectivity index (χ3n) is 4.50. The summed E-state index contributed by atoms with van der Waals surface area (Å²) in [5.41, 5.74) is 1.69. The molecule has 0 saturated heterocycles. The van der Waals surface area contributed by atoms with E-state index in [-0.39, 0.29) is 5.56 Å². The average Bonchev–Trinajstić information content (AvgIpc) is 2.86. The van der Waals surface area contributed by atoms with Crippen molar-refractivity contribution in [1.29, 1.82) is 0 Å². The first-order chi connectivity index (χ1) is 7.65. The molecule has 3 atom stereocenters. The van der Waals surface area contributed by atoms with Crippen molar-refractivity contribution in [1.82, 2.24) is 9.97 Å². The molecule has 2 fully saturated rings. The van der Waals surface area contributed by atoms with E-state index in [0.29, 0.717) is 5.92 Å². The maximum Gasteiger partial charge on any atom is 0.254 e. The molecular formula is C13H18N2O. The van der Waals surface area contributed by atoms with Gasteiger partial charge in [-0.25, -0.2) is 4.98 Å². The molecule has 3 rings (SSSR count). The number of rotatable bonds is 1. The van der Waals surface area contributed by atoms with Crippen LogP contribution in [0.25, 0.3) is 0 Å². The van der Waals surface area contributed by atoms with Crippen LogP contribution in [0.1, 0.15) is 48.7 Å². The first-order valence-electron chi connectivity index (χ1n) is 6.22. The van der Waals surface area contributed by atoms with E-state index in [1.54, 1.807) is 0 Å². The second-order valence-electron chi connectivity index (χ2n) is 5.44. The number of fused-ring (bicyclic) bond motifs is 2. The number of aromatic amines is 1. The van der Waals surface area contributed by atoms with Crippen LogP contribution in [0.15, 0.2) is 4.79 Å². The molecular weight excluding hydrogens is 200 g/mol. The Bertz CT molecular complexity index is 477. The molecule has 2 aliphatic rings. The average molecular weight is 218 g/mol. The lowest BCUT2D eigenvalue weighted by atomic mass is 9.88. The zero-order chi connectivity index (χ0) is 11.3. The van der Waals surface area contributed by atoms with Gasteiger partial charge in [0.15, 0.2) is 0 Å². The second-order valence-corrected chi connectivity index (χ2v) is 5.44. The molecule has 0 aromatic carbocycles. The number of aryl methyl sites for hydroxylation is 1. The van der Waals surface area contributed by atoms with Gasteiger partial charge in [0.05, 0.1) is 0 Å². The molecule has 1 heterocycles. The van der Waals surface area contributed by atoms with Gasteiger partial charge in [-0.3, -0.25) is 4.79 Å². The highest BCUT2D eigenvalue weighted by Crippen LogP contribution is 2.51. The Kier molecular flexibility index (Phi) is 2.16. The molecule has 3 unspecified atom stereocenters. The molecule has 0 amide bonds. The largest absolute Gasteiger partial charge is 0.310 e. The van der Waals surface area contributed by atoms with Gasteiger partial charge < -0.3 is 4.98 Å². The van der Waals surface area contributed by atoms with Crippen molar-refractivity contribution in [2.45, 2.75) is 45.4 Å². The third-order valence-corrected chi connectivity index (χ3v) is 4.50. The van der Waals surface area contributed by atoms with E-state index < -0.39 is 0 Å². The number of H-pyrrole nitrogens is 1. The Labute approximate surface area is 95.3 Å². The Morgan fingerprint density at radius 3 is 2.62 bits per heavy atom. The molecule has 0 spiro atoms. The first kappa shape index (κ1) is 10.1. The quantitative estimate of drug-likeness (QED) is 0.786. The molecule has 2 bridgehead atoms. The van der Waals surface area contributed by atoms with E-state index in [0.717, 1.165) is 28.9 Å². The monoisotopic (exact) mass is 218 g/mol. The Morgan fingerprint density at radius 2 is 2.06 bits per heavy atom. The van der Waals surface area contributed by atoms with Crippen molar-refractivity contribution in [2.24, 2.45) is 11.8 Å². The summed E-state index contributed by atoms with van der Waals surface area (Å²) in [5, 5.41) is 0. The summed E-state index contributed by atoms with van der Waals surface area (Å²) in [6.07, 6.45) is 5.29. The Balaban J connectivity index is 1.99. The lowest BCUT2D eigenvalue weighted by Crippen LogP contribution is -2.21. The topological polar surface area (TPSA) is 45.8 Å². The summed E-state index contributed by atoms with van der Waals surface area (Å²) < 4.78 is 0. The second kappa shape index (κ2) is 3.44. The van der Waals surface area contributed by atoms with Crippen molar-refractivity contribution in [2.75, 3.05) is 0 Å². The number of nitrogens with zero attached hydrogens (tertiary/aromatic N) is 1. The summed E-state index contributed by atoms with van der Waals surface area (Å²) >= 11 is 0. The fraction of sp³-hybridized carbons (Fsp3) is 0.692. The molecule has 3 nitrogen and oxygen atoms in total. The van der Waals surface area contributed by atoms with Crippen LogP contribution in [-0.4, -0.2) is 9.97 Å². The lowest BCUT2D eigenvalue weighted by molar-refractivity contribution is 0.404. The van der Waals surface area contributed by atoms with E-state index >= 15 is 0 Å². The molecule has 3 heteroatoms. The van der Waals surface area contributed by atoms with Crippen molar-refractivity contribution in [3.8, 4) is 0 Å². The van der Waals surface area contributed by atoms with Crippen molar-refractivity contribution >= 4 is 0 Å². The van der Waals surface area contributed by atoms with Crippen LogP contribution < -0.4 is 5.56 Å². The molecule has 1 aromatic heterocycles. The zero-order valence-corrected chi connectivity index (χ0v) is 9.92. The van der Waals surface area contributed by atoms with Crippen LogP contribution in [0.4, 0.5) is 0 Å². The van der Waals surface area contributed by atoms with E-state index in [1.165, 1.54) is 25.7 Å². The smallest absolute Gasteiger partial charge is 0.254 e. The van der Waals surface area contributed by atoms with Crippen molar-refractivity contribution < 1.29 is 0 Å². The number of hydrogen-bond donors (Lipinski definition) is 1. The Morgan fingerprint density at radius 1 is 1.25 bits per heavy atom. The normalized spacial score (nSPS) is 32.2. The molecule has 0 aliphatic heterocycles. The van der Waals surface area contributed by atoms with Gasteiger partial charge in [-0.2, -0.15) is 0 Å². The van der Waals surface area contributed by atoms with Crippen molar-refractivity contribution in [3.05, 3.63) is 27.4 Å². The highest BCUT2D eigenvalue weighted by molar-refractivity contribution is 5.17. The minimum atomic E-state index is 0.0465. The SMILES string of the molecule is Cc1nc(C2CC3CCC2C3)[nH]c(=O)c1C. The summed E-state index contributed by atoms with van der Waals surface area (Å²) in [6.45, 7) is 3.77. The van der Waals surface area contributed by atoms with Gasteiger partial charge >= 0.3 is 0 Å². The number of aromatic nitrogens is 2. The fourth-order valence-corrected chi connectivity index (χ4v) is 3.42. The Hall–Kier alpha value is -1.12. The van der Waals surface area contributed by atoms with E-state index in [4.69, 9.17) is 0 Å². The summed E-state index contributed by atoms with van der Waals surface area (Å²) in [7, 11) is 0. The maximum absolute atomic E-state index is 11.7. The standard InChI is InChI=1S/C13H18N2O/c1-7-8(2)14-12(15-13(7)16)11-6-9-3-4-10(11)5-9/h9-11H,3-6H2,1-2H3,(H,14,15,16). The molecule has 16 heavy (non-hydrogen) atoms. The van der Waals surface area contributed by atoms with E-state index in [9.17, 15) is 4.79 Å². The summed E-state index contributed by atoms with van der Waals surface area (Å²) in [6, 6.07) is 0. The number of hydrogen-bond acceptors (Lipinski definition) is 2.